The number of ether oxygens (including phenoxy) is 2. The highest BCUT2D eigenvalue weighted by Gasteiger charge is 2.52. The Morgan fingerprint density at radius 3 is 2.31 bits per heavy atom. The van der Waals surface area contributed by atoms with E-state index < -0.39 is 0 Å². The van der Waals surface area contributed by atoms with Gasteiger partial charge in [-0.1, -0.05) is 124 Å². The van der Waals surface area contributed by atoms with Gasteiger partial charge in [0, 0.05) is 55.9 Å². The van der Waals surface area contributed by atoms with Crippen LogP contribution in [0.5, 0.6) is 17.2 Å². The van der Waals surface area contributed by atoms with Crippen molar-refractivity contribution in [3.8, 4) is 28.4 Å². The van der Waals surface area contributed by atoms with Crippen molar-refractivity contribution in [1.29, 1.82) is 0 Å². The van der Waals surface area contributed by atoms with E-state index in [1.165, 1.54) is 55.5 Å². The van der Waals surface area contributed by atoms with Crippen molar-refractivity contribution in [2.75, 3.05) is 4.90 Å². The van der Waals surface area contributed by atoms with Crippen LogP contribution < -0.4 is 19.8 Å². The molecule has 14 rings (SSSR count). The van der Waals surface area contributed by atoms with Gasteiger partial charge in [0.1, 0.15) is 28.9 Å². The Morgan fingerprint density at radius 1 is 0.639 bits per heavy atom. The van der Waals surface area contributed by atoms with E-state index in [0.717, 1.165) is 65.9 Å². The first-order chi connectivity index (χ1) is 29.9. The lowest BCUT2D eigenvalue weighted by Gasteiger charge is -2.46. The predicted octanol–water partition coefficient (Wildman–Crippen LogP) is 13.4. The third-order valence-corrected chi connectivity index (χ3v) is 14.6. The summed E-state index contributed by atoms with van der Waals surface area (Å²) in [7, 11) is 0. The fraction of sp³-hybridized carbons (Fsp3) is 0.111. The SMILES string of the molecule is CC(C)(C)c1ccc(N2C3=CC4c5ccccc5OC4C4=C3B(c3cc5c(cc32)Sc2ccccc2O5)n2c3c4cccc3c3oc4ccccc4c32)c(-c2ccccc2)c1. The number of hydrogen-bond acceptors (Lipinski definition) is 5. The van der Waals surface area contributed by atoms with Gasteiger partial charge in [-0.25, -0.2) is 0 Å². The molecular formula is C54H37BN2O3S. The third kappa shape index (κ3) is 4.54. The highest BCUT2D eigenvalue weighted by molar-refractivity contribution is 7.99. The van der Waals surface area contributed by atoms with Gasteiger partial charge in [-0.2, -0.15) is 0 Å². The van der Waals surface area contributed by atoms with Crippen molar-refractivity contribution < 1.29 is 13.9 Å². The Hall–Kier alpha value is -6.83. The van der Waals surface area contributed by atoms with Gasteiger partial charge < -0.3 is 23.3 Å². The monoisotopic (exact) mass is 804 g/mol. The molecule has 0 bridgehead atoms. The highest BCUT2D eigenvalue weighted by atomic mass is 32.2. The summed E-state index contributed by atoms with van der Waals surface area (Å²) in [5.41, 5.74) is 17.3. The summed E-state index contributed by atoms with van der Waals surface area (Å²) >= 11 is 1.78. The zero-order chi connectivity index (χ0) is 40.3. The van der Waals surface area contributed by atoms with E-state index in [2.05, 4.69) is 188 Å². The number of fused-ring (bicyclic) bond motifs is 15. The molecule has 5 aliphatic rings. The van der Waals surface area contributed by atoms with Gasteiger partial charge in [-0.3, -0.25) is 0 Å². The molecule has 4 aliphatic heterocycles. The maximum Gasteiger partial charge on any atom is 0.333 e. The molecule has 2 unspecified atom stereocenters. The van der Waals surface area contributed by atoms with Crippen LogP contribution in [0.2, 0.25) is 0 Å². The Bertz CT molecular complexity index is 3480. The molecule has 1 aliphatic carbocycles. The molecule has 290 valence electrons. The molecule has 0 spiro atoms. The molecular weight excluding hydrogens is 767 g/mol. The molecule has 2 aromatic heterocycles. The first kappa shape index (κ1) is 33.9. The lowest BCUT2D eigenvalue weighted by Crippen LogP contribution is -2.53. The van der Waals surface area contributed by atoms with Crippen LogP contribution in [0.1, 0.15) is 43.4 Å². The maximum atomic E-state index is 7.14. The van der Waals surface area contributed by atoms with Gasteiger partial charge in [0.2, 0.25) is 0 Å². The number of aromatic nitrogens is 1. The normalized spacial score (nSPS) is 17.9. The fourth-order valence-corrected chi connectivity index (χ4v) is 11.8. The smallest absolute Gasteiger partial charge is 0.333 e. The summed E-state index contributed by atoms with van der Waals surface area (Å²) in [6.45, 7) is 6.69. The standard InChI is InChI=1S/C54H37BN2O3S/c1-54(2,3)31-24-25-39(36(26-31)30-14-5-4-6-15-30)56-40-29-47-45(58-44-22-11-12-23-46(44)61-47)28-38(40)55-49-41(56)27-37-32-16-7-9-20-42(32)59-52(37)48(49)34-18-13-19-35-50(34)57(55)51-33-17-8-10-21-43(33)60-53(35)51/h4-29,37,52H,1-3H3. The van der Waals surface area contributed by atoms with Crippen molar-refractivity contribution in [3.63, 3.8) is 0 Å². The van der Waals surface area contributed by atoms with E-state index in [1.807, 2.05) is 0 Å². The van der Waals surface area contributed by atoms with Crippen LogP contribution in [0.25, 0.3) is 49.7 Å². The van der Waals surface area contributed by atoms with Gasteiger partial charge in [0.15, 0.2) is 5.58 Å². The summed E-state index contributed by atoms with van der Waals surface area (Å²) in [5.74, 6) is 2.71. The Morgan fingerprint density at radius 2 is 1.43 bits per heavy atom. The summed E-state index contributed by atoms with van der Waals surface area (Å²) in [4.78, 5) is 4.79. The molecule has 0 saturated carbocycles. The number of benzene rings is 7. The lowest BCUT2D eigenvalue weighted by molar-refractivity contribution is 0.277. The average Bonchev–Trinajstić information content (AvgIpc) is 3.96. The molecule has 61 heavy (non-hydrogen) atoms. The van der Waals surface area contributed by atoms with Gasteiger partial charge in [0.05, 0.1) is 21.0 Å². The molecule has 0 fully saturated rings. The van der Waals surface area contributed by atoms with Gasteiger partial charge in [-0.15, -0.1) is 0 Å². The molecule has 9 aromatic rings. The van der Waals surface area contributed by atoms with Gasteiger partial charge in [0.25, 0.3) is 0 Å². The van der Waals surface area contributed by atoms with Crippen molar-refractivity contribution in [2.24, 2.45) is 0 Å². The minimum absolute atomic E-state index is 0.00600. The topological polar surface area (TPSA) is 39.8 Å². The summed E-state index contributed by atoms with van der Waals surface area (Å²) in [6.07, 6.45) is 2.32. The largest absolute Gasteiger partial charge is 0.484 e. The zero-order valence-corrected chi connectivity index (χ0v) is 34.6. The number of furan rings is 1. The Balaban J connectivity index is 1.14. The molecule has 6 heterocycles. The fourth-order valence-electron chi connectivity index (χ4n) is 10.9. The van der Waals surface area contributed by atoms with Crippen molar-refractivity contribution >= 4 is 74.0 Å². The van der Waals surface area contributed by atoms with E-state index in [9.17, 15) is 0 Å². The summed E-state index contributed by atoms with van der Waals surface area (Å²) in [5, 5.41) is 2.23. The maximum absolute atomic E-state index is 7.14. The minimum Gasteiger partial charge on any atom is -0.484 e. The highest BCUT2D eigenvalue weighted by Crippen LogP contribution is 2.59. The summed E-state index contributed by atoms with van der Waals surface area (Å²) in [6, 6.07) is 55.0. The number of hydrogen-bond donors (Lipinski definition) is 0. The number of allylic oxidation sites excluding steroid dienone is 1. The van der Waals surface area contributed by atoms with Gasteiger partial charge in [-0.05, 0) is 94.2 Å². The van der Waals surface area contributed by atoms with Crippen LogP contribution >= 0.6 is 11.8 Å². The number of rotatable bonds is 2. The van der Waals surface area contributed by atoms with Crippen LogP contribution in [0.3, 0.4) is 0 Å². The van der Waals surface area contributed by atoms with E-state index >= 15 is 0 Å². The van der Waals surface area contributed by atoms with E-state index in [-0.39, 0.29) is 24.3 Å². The number of nitrogens with zero attached hydrogens (tertiary/aromatic N) is 2. The van der Waals surface area contributed by atoms with Crippen LogP contribution in [0.4, 0.5) is 11.4 Å². The van der Waals surface area contributed by atoms with Crippen LogP contribution in [0.15, 0.2) is 183 Å². The molecule has 5 nitrogen and oxygen atoms in total. The van der Waals surface area contributed by atoms with Crippen LogP contribution in [-0.4, -0.2) is 17.4 Å². The third-order valence-electron chi connectivity index (χ3n) is 13.5. The molecule has 0 radical (unpaired) electrons. The van der Waals surface area contributed by atoms with Crippen molar-refractivity contribution in [3.05, 3.63) is 186 Å². The molecule has 0 amide bonds. The minimum atomic E-state index is -0.207. The molecule has 7 aromatic carbocycles. The second-order valence-electron chi connectivity index (χ2n) is 17.9. The Labute approximate surface area is 357 Å². The van der Waals surface area contributed by atoms with Gasteiger partial charge >= 0.3 is 6.85 Å². The second-order valence-corrected chi connectivity index (χ2v) is 19.0. The van der Waals surface area contributed by atoms with Crippen molar-refractivity contribution in [2.45, 2.75) is 48.0 Å². The van der Waals surface area contributed by atoms with Crippen LogP contribution in [0, 0.1) is 0 Å². The molecule has 2 atom stereocenters. The van der Waals surface area contributed by atoms with Crippen molar-refractivity contribution in [1.82, 2.24) is 4.48 Å². The summed E-state index contributed by atoms with van der Waals surface area (Å²) < 4.78 is 23.4. The predicted molar refractivity (Wildman–Crippen MR) is 248 cm³/mol. The number of anilines is 2. The first-order valence-corrected chi connectivity index (χ1v) is 22.0. The van der Waals surface area contributed by atoms with E-state index in [1.54, 1.807) is 11.8 Å². The second kappa shape index (κ2) is 11.9. The molecule has 7 heteroatoms. The first-order valence-electron chi connectivity index (χ1n) is 21.2. The Kier molecular flexibility index (Phi) is 6.64. The number of para-hydroxylation sites is 4. The molecule has 0 N–H and O–H groups in total. The van der Waals surface area contributed by atoms with Crippen LogP contribution in [-0.2, 0) is 5.41 Å². The molecule has 0 saturated heterocycles. The zero-order valence-electron chi connectivity index (χ0n) is 33.8. The lowest BCUT2D eigenvalue weighted by atomic mass is 9.42. The average molecular weight is 805 g/mol. The quantitative estimate of drug-likeness (QED) is 0.163. The van der Waals surface area contributed by atoms with E-state index in [4.69, 9.17) is 13.9 Å². The van der Waals surface area contributed by atoms with E-state index in [0.29, 0.717) is 0 Å².